The van der Waals surface area contributed by atoms with Gasteiger partial charge in [0.2, 0.25) is 0 Å². The Hall–Kier alpha value is -2.41. The maximum Gasteiger partial charge on any atom is 0.279 e. The van der Waals surface area contributed by atoms with E-state index in [2.05, 4.69) is 48.3 Å². The zero-order valence-corrected chi connectivity index (χ0v) is 19.1. The van der Waals surface area contributed by atoms with E-state index >= 15 is 0 Å². The van der Waals surface area contributed by atoms with E-state index in [0.717, 1.165) is 31.5 Å². The van der Waals surface area contributed by atoms with Gasteiger partial charge in [0.15, 0.2) is 0 Å². The lowest BCUT2D eigenvalue weighted by Gasteiger charge is -2.46. The Morgan fingerprint density at radius 1 is 1.41 bits per heavy atom. The summed E-state index contributed by atoms with van der Waals surface area (Å²) in [6, 6.07) is 2.16. The molecule has 1 aliphatic heterocycles. The first-order valence-electron chi connectivity index (χ1n) is 10.3. The fourth-order valence-corrected chi connectivity index (χ4v) is 4.19. The van der Waals surface area contributed by atoms with Crippen molar-refractivity contribution >= 4 is 29.0 Å². The van der Waals surface area contributed by atoms with Crippen LogP contribution in [-0.2, 0) is 11.4 Å². The third kappa shape index (κ3) is 5.88. The number of hydrogen-bond acceptors (Lipinski definition) is 8. The van der Waals surface area contributed by atoms with Crippen LogP contribution in [0.2, 0.25) is 0 Å². The van der Waals surface area contributed by atoms with Gasteiger partial charge in [-0.2, -0.15) is 0 Å². The van der Waals surface area contributed by atoms with E-state index in [0.29, 0.717) is 23.8 Å². The molecule has 1 saturated heterocycles. The van der Waals surface area contributed by atoms with Crippen LogP contribution in [0.1, 0.15) is 19.7 Å². The molecule has 1 fully saturated rings. The van der Waals surface area contributed by atoms with Crippen molar-refractivity contribution in [2.24, 2.45) is 0 Å². The van der Waals surface area contributed by atoms with Crippen LogP contribution in [0, 0.1) is 5.41 Å². The van der Waals surface area contributed by atoms with Crippen LogP contribution in [0.25, 0.3) is 17.5 Å². The predicted molar refractivity (Wildman–Crippen MR) is 122 cm³/mol. The van der Waals surface area contributed by atoms with Crippen LogP contribution in [0.4, 0.5) is 14.6 Å². The molecule has 32 heavy (non-hydrogen) atoms. The van der Waals surface area contributed by atoms with Crippen molar-refractivity contribution in [2.45, 2.75) is 32.4 Å². The molecule has 3 rings (SSSR count). The van der Waals surface area contributed by atoms with Crippen molar-refractivity contribution in [1.29, 1.82) is 5.41 Å². The van der Waals surface area contributed by atoms with Gasteiger partial charge in [-0.3, -0.25) is 10.3 Å². The van der Waals surface area contributed by atoms with Crippen molar-refractivity contribution in [3.05, 3.63) is 30.5 Å². The fraction of sp³-hybridized carbons (Fsp3) is 0.500. The monoisotopic (exact) mass is 466 g/mol. The highest BCUT2D eigenvalue weighted by molar-refractivity contribution is 7.88. The predicted octanol–water partition coefficient (Wildman–Crippen LogP) is 1.95. The molecule has 0 amide bonds. The van der Waals surface area contributed by atoms with Gasteiger partial charge in [0.25, 0.3) is 6.43 Å². The van der Waals surface area contributed by atoms with Gasteiger partial charge in [-0.1, -0.05) is 6.92 Å². The lowest BCUT2D eigenvalue weighted by atomic mass is 10.0. The van der Waals surface area contributed by atoms with Crippen molar-refractivity contribution < 1.29 is 13.3 Å². The van der Waals surface area contributed by atoms with Crippen LogP contribution in [0.5, 0.6) is 0 Å². The molecule has 3 N–H and O–H groups in total. The van der Waals surface area contributed by atoms with Crippen molar-refractivity contribution in [2.75, 3.05) is 37.3 Å². The average molecular weight is 467 g/mol. The number of nitrogens with zero attached hydrogens (tertiary/aromatic N) is 5. The van der Waals surface area contributed by atoms with Gasteiger partial charge in [0.05, 0.1) is 29.8 Å². The number of nitrogens with one attached hydrogen (secondary N) is 3. The lowest BCUT2D eigenvalue weighted by Crippen LogP contribution is -2.62. The average Bonchev–Trinajstić information content (AvgIpc) is 3.25. The number of aromatic amines is 1. The quantitative estimate of drug-likeness (QED) is 0.382. The van der Waals surface area contributed by atoms with Gasteiger partial charge in [-0.05, 0) is 25.6 Å². The number of anilines is 1. The summed E-state index contributed by atoms with van der Waals surface area (Å²) in [5.74, 6) is 1.13. The smallest absolute Gasteiger partial charge is 0.279 e. The van der Waals surface area contributed by atoms with E-state index in [1.54, 1.807) is 12.5 Å². The fourth-order valence-electron chi connectivity index (χ4n) is 3.78. The van der Waals surface area contributed by atoms with E-state index in [4.69, 9.17) is 5.41 Å². The molecule has 0 radical (unpaired) electrons. The minimum atomic E-state index is -2.82. The summed E-state index contributed by atoms with van der Waals surface area (Å²) < 4.78 is 39.5. The molecule has 2 aromatic rings. The molecule has 3 heterocycles. The number of H-pyrrole nitrogens is 1. The molecule has 174 valence electrons. The summed E-state index contributed by atoms with van der Waals surface area (Å²) in [5.41, 5.74) is 0.472. The van der Waals surface area contributed by atoms with E-state index < -0.39 is 23.5 Å². The van der Waals surface area contributed by atoms with Gasteiger partial charge in [-0.25, -0.2) is 23.7 Å². The molecular formula is C20H28F2N8OS. The third-order valence-corrected chi connectivity index (χ3v) is 6.09. The highest BCUT2D eigenvalue weighted by Crippen LogP contribution is 2.25. The number of alkyl halides is 2. The number of hydrogen-bond donors (Lipinski definition) is 3. The number of aromatic nitrogens is 4. The first kappa shape index (κ1) is 24.2. The molecule has 12 heteroatoms. The van der Waals surface area contributed by atoms with Crippen LogP contribution in [0.3, 0.4) is 0 Å². The molecule has 3 atom stereocenters. The highest BCUT2D eigenvalue weighted by atomic mass is 32.2. The molecule has 0 aliphatic carbocycles. The van der Waals surface area contributed by atoms with Gasteiger partial charge >= 0.3 is 0 Å². The van der Waals surface area contributed by atoms with Crippen molar-refractivity contribution in [1.82, 2.24) is 29.6 Å². The second kappa shape index (κ2) is 10.9. The minimum Gasteiger partial charge on any atom is -0.598 e. The summed E-state index contributed by atoms with van der Waals surface area (Å²) in [6.45, 7) is 7.42. The van der Waals surface area contributed by atoms with E-state index in [9.17, 15) is 13.3 Å². The number of allylic oxidation sites excluding steroid dienone is 1. The molecule has 9 nitrogen and oxygen atoms in total. The summed E-state index contributed by atoms with van der Waals surface area (Å²) >= 11 is -1.08. The number of likely N-dealkylation sites (N-methyl/N-ethyl adjacent to an activating group) is 1. The van der Waals surface area contributed by atoms with Gasteiger partial charge in [0, 0.05) is 42.6 Å². The molecule has 0 aromatic carbocycles. The molecule has 2 aromatic heterocycles. The number of piperazine rings is 1. The second-order valence-corrected chi connectivity index (χ2v) is 8.66. The number of halogens is 2. The molecule has 0 bridgehead atoms. The van der Waals surface area contributed by atoms with E-state index in [1.165, 1.54) is 12.4 Å². The Morgan fingerprint density at radius 2 is 2.19 bits per heavy atom. The molecule has 1 aliphatic rings. The van der Waals surface area contributed by atoms with Gasteiger partial charge in [-0.15, -0.1) is 4.72 Å². The maximum absolute atomic E-state index is 12.5. The van der Waals surface area contributed by atoms with Crippen LogP contribution in [-0.4, -0.2) is 86.0 Å². The molecular weight excluding hydrogens is 438 g/mol. The Kier molecular flexibility index (Phi) is 8.29. The summed E-state index contributed by atoms with van der Waals surface area (Å²) in [4.78, 5) is 20.5. The highest BCUT2D eigenvalue weighted by Gasteiger charge is 2.34. The van der Waals surface area contributed by atoms with Crippen molar-refractivity contribution in [3.63, 3.8) is 0 Å². The zero-order valence-electron chi connectivity index (χ0n) is 18.3. The second-order valence-electron chi connectivity index (χ2n) is 7.47. The SMILES string of the molecule is CCN1CCN(c2cc(-c3cnc(/C=C\C(=N)C(F)F)[nH]3)ncn2)C(C)C1CN[S+](C)[O-]. The molecule has 3 unspecified atom stereocenters. The summed E-state index contributed by atoms with van der Waals surface area (Å²) in [7, 11) is 0. The zero-order chi connectivity index (χ0) is 23.3. The Morgan fingerprint density at radius 3 is 2.88 bits per heavy atom. The topological polar surface area (TPSA) is 120 Å². The Labute approximate surface area is 189 Å². The summed E-state index contributed by atoms with van der Waals surface area (Å²) in [6.07, 6.45) is 4.21. The summed E-state index contributed by atoms with van der Waals surface area (Å²) in [5, 5.41) is 7.19. The van der Waals surface area contributed by atoms with Gasteiger partial charge in [0.1, 0.15) is 24.2 Å². The van der Waals surface area contributed by atoms with Crippen LogP contribution >= 0.6 is 0 Å². The van der Waals surface area contributed by atoms with Gasteiger partial charge < -0.3 is 14.4 Å². The normalized spacial score (nSPS) is 20.9. The molecule has 0 spiro atoms. The Balaban J connectivity index is 1.78. The maximum atomic E-state index is 12.5. The molecule has 0 saturated carbocycles. The standard InChI is InChI=1S/C20H28F2N8OS/c1-4-29-7-8-30(13(2)17(29)11-27-32(3)31)19-9-15(25-12-26-19)16-10-24-18(28-16)6-5-14(23)20(21)22/h5-6,9-10,12-13,17,20,23,27H,4,7-8,11H2,1-3H3,(H,24,28)/b6-5-,23-14?. The van der Waals surface area contributed by atoms with E-state index in [1.807, 2.05) is 6.07 Å². The number of imidazole rings is 1. The minimum absolute atomic E-state index is 0.128. The Bertz CT molecular complexity index is 938. The third-order valence-electron chi connectivity index (χ3n) is 5.52. The van der Waals surface area contributed by atoms with Crippen LogP contribution in [0.15, 0.2) is 24.7 Å². The number of rotatable bonds is 9. The van der Waals surface area contributed by atoms with E-state index in [-0.39, 0.29) is 12.1 Å². The first-order chi connectivity index (χ1) is 15.3. The first-order valence-corrected chi connectivity index (χ1v) is 11.9. The lowest BCUT2D eigenvalue weighted by molar-refractivity contribution is 0.154. The van der Waals surface area contributed by atoms with Crippen LogP contribution < -0.4 is 9.62 Å². The largest absolute Gasteiger partial charge is 0.598 e. The van der Waals surface area contributed by atoms with Crippen molar-refractivity contribution in [3.8, 4) is 11.4 Å².